The van der Waals surface area contributed by atoms with Crippen molar-refractivity contribution in [2.45, 2.75) is 77.4 Å². The van der Waals surface area contributed by atoms with Gasteiger partial charge in [0.25, 0.3) is 0 Å². The molecular formula is C26H36O5. The van der Waals surface area contributed by atoms with Crippen LogP contribution < -0.4 is 0 Å². The third-order valence-corrected chi connectivity index (χ3v) is 7.27. The first-order chi connectivity index (χ1) is 14.7. The molecule has 0 spiro atoms. The Bertz CT molecular complexity index is 791. The number of carbonyl (C=O) groups is 2. The zero-order valence-electron chi connectivity index (χ0n) is 18.7. The van der Waals surface area contributed by atoms with E-state index in [1.165, 1.54) is 6.42 Å². The molecule has 4 atom stereocenters. The molecular weight excluding hydrogens is 392 g/mol. The van der Waals surface area contributed by atoms with Crippen molar-refractivity contribution in [1.29, 1.82) is 0 Å². The van der Waals surface area contributed by atoms with Crippen molar-refractivity contribution in [3.63, 3.8) is 0 Å². The van der Waals surface area contributed by atoms with E-state index in [4.69, 9.17) is 5.11 Å². The number of benzene rings is 1. The standard InChI is InChI=1S/C26H36O5/c1-17(2)16-26(13-4-14-26)24(29)6-3-5-20-21(23(28)15-22(20)27)12-9-18-7-10-19(11-8-18)25(30)31/h3,5,7-8,10-11,17,20-22,24,27,29H,4,6,9,12-16H2,1-2H3,(H,30,31)/t20-,21-,22?,24?/m1/s1. The Hall–Kier alpha value is -1.98. The number of hydrogen-bond donors (Lipinski definition) is 3. The summed E-state index contributed by atoms with van der Waals surface area (Å²) in [6.45, 7) is 4.39. The van der Waals surface area contributed by atoms with Crippen LogP contribution in [-0.4, -0.2) is 39.3 Å². The number of rotatable bonds is 10. The van der Waals surface area contributed by atoms with Gasteiger partial charge in [0.15, 0.2) is 0 Å². The summed E-state index contributed by atoms with van der Waals surface area (Å²) >= 11 is 0. The van der Waals surface area contributed by atoms with Crippen LogP contribution in [0.15, 0.2) is 36.4 Å². The van der Waals surface area contributed by atoms with E-state index in [-0.39, 0.29) is 41.1 Å². The number of aliphatic hydroxyl groups excluding tert-OH is 2. The van der Waals surface area contributed by atoms with Crippen LogP contribution in [0.4, 0.5) is 0 Å². The van der Waals surface area contributed by atoms with E-state index in [9.17, 15) is 19.8 Å². The zero-order valence-corrected chi connectivity index (χ0v) is 18.7. The molecule has 2 saturated carbocycles. The second-order valence-corrected chi connectivity index (χ2v) is 9.96. The molecule has 5 heteroatoms. The molecule has 0 bridgehead atoms. The summed E-state index contributed by atoms with van der Waals surface area (Å²) in [5.74, 6) is -0.774. The van der Waals surface area contributed by atoms with E-state index in [2.05, 4.69) is 13.8 Å². The third-order valence-electron chi connectivity index (χ3n) is 7.27. The Labute approximate surface area is 185 Å². The Kier molecular flexibility index (Phi) is 7.71. The molecule has 31 heavy (non-hydrogen) atoms. The maximum atomic E-state index is 12.5. The van der Waals surface area contributed by atoms with Gasteiger partial charge in [-0.25, -0.2) is 4.79 Å². The van der Waals surface area contributed by atoms with Crippen LogP contribution in [0.3, 0.4) is 0 Å². The zero-order chi connectivity index (χ0) is 22.6. The summed E-state index contributed by atoms with van der Waals surface area (Å²) in [7, 11) is 0. The van der Waals surface area contributed by atoms with Gasteiger partial charge in [0.2, 0.25) is 0 Å². The molecule has 1 aromatic carbocycles. The van der Waals surface area contributed by atoms with Gasteiger partial charge in [-0.2, -0.15) is 0 Å². The molecule has 0 aromatic heterocycles. The molecule has 0 saturated heterocycles. The third kappa shape index (κ3) is 5.64. The quantitative estimate of drug-likeness (QED) is 0.480. The van der Waals surface area contributed by atoms with Gasteiger partial charge in [-0.15, -0.1) is 0 Å². The van der Waals surface area contributed by atoms with E-state index in [0.717, 1.165) is 24.8 Å². The van der Waals surface area contributed by atoms with E-state index in [1.54, 1.807) is 24.3 Å². The average molecular weight is 429 g/mol. The number of aromatic carboxylic acids is 1. The fourth-order valence-electron chi connectivity index (χ4n) is 5.46. The smallest absolute Gasteiger partial charge is 0.335 e. The van der Waals surface area contributed by atoms with Crippen molar-refractivity contribution in [1.82, 2.24) is 0 Å². The van der Waals surface area contributed by atoms with Gasteiger partial charge in [0, 0.05) is 18.3 Å². The van der Waals surface area contributed by atoms with Crippen molar-refractivity contribution in [2.24, 2.45) is 23.2 Å². The lowest BCUT2D eigenvalue weighted by Crippen LogP contribution is -2.42. The Balaban J connectivity index is 1.58. The van der Waals surface area contributed by atoms with Gasteiger partial charge in [-0.05, 0) is 67.6 Å². The normalized spacial score (nSPS) is 26.4. The van der Waals surface area contributed by atoms with Crippen molar-refractivity contribution < 1.29 is 24.9 Å². The summed E-state index contributed by atoms with van der Waals surface area (Å²) in [6, 6.07) is 6.73. The maximum Gasteiger partial charge on any atom is 0.335 e. The molecule has 2 unspecified atom stereocenters. The number of carboxylic acids is 1. The predicted octanol–water partition coefficient (Wildman–Crippen LogP) is 4.41. The highest BCUT2D eigenvalue weighted by atomic mass is 16.4. The molecule has 2 aliphatic rings. The van der Waals surface area contributed by atoms with Gasteiger partial charge < -0.3 is 15.3 Å². The van der Waals surface area contributed by atoms with Crippen LogP contribution in [0.2, 0.25) is 0 Å². The first-order valence-electron chi connectivity index (χ1n) is 11.6. The van der Waals surface area contributed by atoms with E-state index < -0.39 is 12.1 Å². The van der Waals surface area contributed by atoms with Gasteiger partial charge in [-0.3, -0.25) is 4.79 Å². The highest BCUT2D eigenvalue weighted by molar-refractivity contribution is 5.87. The van der Waals surface area contributed by atoms with Crippen LogP contribution >= 0.6 is 0 Å². The molecule has 0 amide bonds. The lowest BCUT2D eigenvalue weighted by atomic mass is 9.60. The van der Waals surface area contributed by atoms with Gasteiger partial charge in [0.1, 0.15) is 5.78 Å². The van der Waals surface area contributed by atoms with E-state index in [1.807, 2.05) is 12.2 Å². The van der Waals surface area contributed by atoms with Crippen molar-refractivity contribution in [3.05, 3.63) is 47.5 Å². The topological polar surface area (TPSA) is 94.8 Å². The Morgan fingerprint density at radius 1 is 1.23 bits per heavy atom. The molecule has 0 aliphatic heterocycles. The minimum absolute atomic E-state index is 0.0319. The van der Waals surface area contributed by atoms with Crippen LogP contribution in [-0.2, 0) is 11.2 Å². The molecule has 170 valence electrons. The van der Waals surface area contributed by atoms with Crippen LogP contribution in [0.1, 0.15) is 74.7 Å². The fraction of sp³-hybridized carbons (Fsp3) is 0.615. The summed E-state index contributed by atoms with van der Waals surface area (Å²) in [4.78, 5) is 23.5. The Morgan fingerprint density at radius 2 is 1.90 bits per heavy atom. The van der Waals surface area contributed by atoms with Gasteiger partial charge >= 0.3 is 5.97 Å². The average Bonchev–Trinajstić information content (AvgIpc) is 2.95. The lowest BCUT2D eigenvalue weighted by molar-refractivity contribution is -0.121. The molecule has 1 aromatic rings. The van der Waals surface area contributed by atoms with Crippen molar-refractivity contribution >= 4 is 11.8 Å². The van der Waals surface area contributed by atoms with Crippen molar-refractivity contribution in [2.75, 3.05) is 0 Å². The number of carbonyl (C=O) groups excluding carboxylic acids is 1. The van der Waals surface area contributed by atoms with Crippen LogP contribution in [0, 0.1) is 23.2 Å². The first kappa shape index (κ1) is 23.7. The highest BCUT2D eigenvalue weighted by Crippen LogP contribution is 2.49. The van der Waals surface area contributed by atoms with Gasteiger partial charge in [-0.1, -0.05) is 44.6 Å². The van der Waals surface area contributed by atoms with Crippen LogP contribution in [0.5, 0.6) is 0 Å². The molecule has 3 rings (SSSR count). The maximum absolute atomic E-state index is 12.5. The molecule has 2 aliphatic carbocycles. The number of carboxylic acid groups (broad SMARTS) is 1. The van der Waals surface area contributed by atoms with Gasteiger partial charge in [0.05, 0.1) is 17.8 Å². The molecule has 0 heterocycles. The summed E-state index contributed by atoms with van der Waals surface area (Å²) in [6.07, 6.45) is 9.26. The Morgan fingerprint density at radius 3 is 2.45 bits per heavy atom. The number of aryl methyl sites for hydroxylation is 1. The second kappa shape index (κ2) is 10.1. The second-order valence-electron chi connectivity index (χ2n) is 9.96. The van der Waals surface area contributed by atoms with Crippen molar-refractivity contribution in [3.8, 4) is 0 Å². The molecule has 5 nitrogen and oxygen atoms in total. The summed E-state index contributed by atoms with van der Waals surface area (Å²) in [5.41, 5.74) is 1.26. The number of hydrogen-bond acceptors (Lipinski definition) is 4. The molecule has 3 N–H and O–H groups in total. The minimum Gasteiger partial charge on any atom is -0.478 e. The summed E-state index contributed by atoms with van der Waals surface area (Å²) in [5, 5.41) is 30.3. The molecule has 0 radical (unpaired) electrons. The largest absolute Gasteiger partial charge is 0.478 e. The SMILES string of the molecule is CC(C)CC1(C(O)CC=C[C@H]2C(O)CC(=O)[C@@H]2CCc2ccc(C(=O)O)cc2)CCC1. The van der Waals surface area contributed by atoms with E-state index >= 15 is 0 Å². The van der Waals surface area contributed by atoms with Crippen LogP contribution in [0.25, 0.3) is 0 Å². The minimum atomic E-state index is -0.954. The fourth-order valence-corrected chi connectivity index (χ4v) is 5.46. The number of ketones is 1. The first-order valence-corrected chi connectivity index (χ1v) is 11.6. The molecule has 2 fully saturated rings. The monoisotopic (exact) mass is 428 g/mol. The number of aliphatic hydroxyl groups is 2. The van der Waals surface area contributed by atoms with E-state index in [0.29, 0.717) is 25.2 Å². The number of Topliss-reactive ketones (excluding diaryl/α,β-unsaturated/α-hetero) is 1. The highest BCUT2D eigenvalue weighted by Gasteiger charge is 2.43. The predicted molar refractivity (Wildman–Crippen MR) is 120 cm³/mol. The summed E-state index contributed by atoms with van der Waals surface area (Å²) < 4.78 is 0. The lowest BCUT2D eigenvalue weighted by Gasteiger charge is -2.46.